The molecule has 2 rings (SSSR count). The fourth-order valence-corrected chi connectivity index (χ4v) is 2.29. The van der Waals surface area contributed by atoms with Crippen molar-refractivity contribution in [3.63, 3.8) is 0 Å². The minimum atomic E-state index is -0.121. The van der Waals surface area contributed by atoms with Gasteiger partial charge in [-0.3, -0.25) is 0 Å². The number of nitrogens with two attached hydrogens (primary N) is 1. The third-order valence-corrected chi connectivity index (χ3v) is 4.28. The van der Waals surface area contributed by atoms with Crippen LogP contribution in [0.25, 0.3) is 0 Å². The summed E-state index contributed by atoms with van der Waals surface area (Å²) >= 11 is 8.33. The van der Waals surface area contributed by atoms with Crippen molar-refractivity contribution < 1.29 is 0 Å². The standard InChI is InChI=1S/C14H13ClIN/c1-9-3-2-4-10(7-9)14(17)11-5-6-13(16)12(15)8-11/h2-8,14H,17H2,1H3. The van der Waals surface area contributed by atoms with E-state index in [1.54, 1.807) is 0 Å². The summed E-state index contributed by atoms with van der Waals surface area (Å²) in [5.41, 5.74) is 9.62. The quantitative estimate of drug-likeness (QED) is 0.797. The summed E-state index contributed by atoms with van der Waals surface area (Å²) in [7, 11) is 0. The average molecular weight is 358 g/mol. The predicted molar refractivity (Wildman–Crippen MR) is 81.4 cm³/mol. The van der Waals surface area contributed by atoms with Crippen LogP contribution in [-0.2, 0) is 0 Å². The molecule has 0 aliphatic rings. The molecule has 1 atom stereocenters. The van der Waals surface area contributed by atoms with Gasteiger partial charge in [-0.25, -0.2) is 0 Å². The summed E-state index contributed by atoms with van der Waals surface area (Å²) in [6.45, 7) is 2.07. The smallest absolute Gasteiger partial charge is 0.0552 e. The highest BCUT2D eigenvalue weighted by Gasteiger charge is 2.10. The fourth-order valence-electron chi connectivity index (χ4n) is 1.76. The molecule has 2 aromatic carbocycles. The van der Waals surface area contributed by atoms with E-state index in [0.29, 0.717) is 0 Å². The van der Waals surface area contributed by atoms with Gasteiger partial charge in [0.05, 0.1) is 11.1 Å². The lowest BCUT2D eigenvalue weighted by atomic mass is 9.98. The Kier molecular flexibility index (Phi) is 4.07. The molecule has 1 unspecified atom stereocenters. The largest absolute Gasteiger partial charge is 0.320 e. The number of hydrogen-bond donors (Lipinski definition) is 1. The molecule has 0 aromatic heterocycles. The van der Waals surface area contributed by atoms with Gasteiger partial charge < -0.3 is 5.73 Å². The molecule has 17 heavy (non-hydrogen) atoms. The van der Waals surface area contributed by atoms with E-state index in [0.717, 1.165) is 19.7 Å². The highest BCUT2D eigenvalue weighted by molar-refractivity contribution is 14.1. The van der Waals surface area contributed by atoms with Gasteiger partial charge >= 0.3 is 0 Å². The van der Waals surface area contributed by atoms with Crippen LogP contribution in [-0.4, -0.2) is 0 Å². The third-order valence-electron chi connectivity index (χ3n) is 2.70. The van der Waals surface area contributed by atoms with Gasteiger partial charge in [0.15, 0.2) is 0 Å². The Bertz CT molecular complexity index is 539. The molecule has 0 fully saturated rings. The second-order valence-electron chi connectivity index (χ2n) is 4.07. The van der Waals surface area contributed by atoms with Crippen molar-refractivity contribution in [1.29, 1.82) is 0 Å². The van der Waals surface area contributed by atoms with Crippen LogP contribution in [0.4, 0.5) is 0 Å². The summed E-state index contributed by atoms with van der Waals surface area (Å²) in [5.74, 6) is 0. The SMILES string of the molecule is Cc1cccc(C(N)c2ccc(I)c(Cl)c2)c1. The van der Waals surface area contributed by atoms with Gasteiger partial charge in [0.1, 0.15) is 0 Å². The van der Waals surface area contributed by atoms with Crippen molar-refractivity contribution in [3.8, 4) is 0 Å². The zero-order valence-electron chi connectivity index (χ0n) is 9.45. The summed E-state index contributed by atoms with van der Waals surface area (Å²) in [6, 6.07) is 14.1. The summed E-state index contributed by atoms with van der Waals surface area (Å²) in [4.78, 5) is 0. The predicted octanol–water partition coefficient (Wildman–Crippen LogP) is 4.30. The number of aryl methyl sites for hydroxylation is 1. The molecule has 0 bridgehead atoms. The van der Waals surface area contributed by atoms with E-state index in [1.807, 2.05) is 30.3 Å². The normalized spacial score (nSPS) is 12.5. The lowest BCUT2D eigenvalue weighted by Crippen LogP contribution is -2.12. The van der Waals surface area contributed by atoms with Crippen molar-refractivity contribution in [1.82, 2.24) is 0 Å². The highest BCUT2D eigenvalue weighted by Crippen LogP contribution is 2.26. The Labute approximate surface area is 120 Å². The second-order valence-corrected chi connectivity index (χ2v) is 5.63. The molecule has 2 N–H and O–H groups in total. The minimum absolute atomic E-state index is 0.121. The first-order valence-corrected chi connectivity index (χ1v) is 6.80. The van der Waals surface area contributed by atoms with Crippen molar-refractivity contribution in [2.45, 2.75) is 13.0 Å². The van der Waals surface area contributed by atoms with E-state index in [-0.39, 0.29) is 6.04 Å². The van der Waals surface area contributed by atoms with E-state index in [1.165, 1.54) is 5.56 Å². The van der Waals surface area contributed by atoms with Crippen molar-refractivity contribution in [2.75, 3.05) is 0 Å². The molecule has 88 valence electrons. The van der Waals surface area contributed by atoms with Crippen LogP contribution in [0.2, 0.25) is 5.02 Å². The van der Waals surface area contributed by atoms with Crippen LogP contribution in [0.15, 0.2) is 42.5 Å². The Morgan fingerprint density at radius 1 is 1.12 bits per heavy atom. The lowest BCUT2D eigenvalue weighted by molar-refractivity contribution is 0.869. The first kappa shape index (κ1) is 12.9. The molecule has 0 heterocycles. The fraction of sp³-hybridized carbons (Fsp3) is 0.143. The van der Waals surface area contributed by atoms with E-state index >= 15 is 0 Å². The van der Waals surface area contributed by atoms with Gasteiger partial charge in [-0.15, -0.1) is 0 Å². The maximum Gasteiger partial charge on any atom is 0.0552 e. The number of hydrogen-bond acceptors (Lipinski definition) is 1. The zero-order valence-corrected chi connectivity index (χ0v) is 12.4. The van der Waals surface area contributed by atoms with Crippen LogP contribution in [0.1, 0.15) is 22.7 Å². The average Bonchev–Trinajstić information content (AvgIpc) is 2.32. The van der Waals surface area contributed by atoms with E-state index < -0.39 is 0 Å². The number of halogens is 2. The molecule has 3 heteroatoms. The third kappa shape index (κ3) is 3.00. The van der Waals surface area contributed by atoms with Crippen LogP contribution >= 0.6 is 34.2 Å². The topological polar surface area (TPSA) is 26.0 Å². The van der Waals surface area contributed by atoms with Crippen LogP contribution < -0.4 is 5.73 Å². The van der Waals surface area contributed by atoms with Crippen LogP contribution in [0.5, 0.6) is 0 Å². The molecule has 0 saturated heterocycles. The highest BCUT2D eigenvalue weighted by atomic mass is 127. The van der Waals surface area contributed by atoms with Crippen LogP contribution in [0, 0.1) is 10.5 Å². The first-order chi connectivity index (χ1) is 8.08. The van der Waals surface area contributed by atoms with E-state index in [4.69, 9.17) is 17.3 Å². The van der Waals surface area contributed by atoms with Gasteiger partial charge in [0.25, 0.3) is 0 Å². The van der Waals surface area contributed by atoms with Gasteiger partial charge in [-0.1, -0.05) is 47.5 Å². The van der Waals surface area contributed by atoms with Gasteiger partial charge in [-0.2, -0.15) is 0 Å². The van der Waals surface area contributed by atoms with Crippen molar-refractivity contribution >= 4 is 34.2 Å². The summed E-state index contributed by atoms with van der Waals surface area (Å²) in [5, 5.41) is 0.756. The second kappa shape index (κ2) is 5.38. The Morgan fingerprint density at radius 2 is 1.82 bits per heavy atom. The molecule has 0 aliphatic heterocycles. The molecular weight excluding hydrogens is 345 g/mol. The van der Waals surface area contributed by atoms with Gasteiger partial charge in [-0.05, 0) is 52.8 Å². The Hall–Kier alpha value is -0.580. The minimum Gasteiger partial charge on any atom is -0.320 e. The Morgan fingerprint density at radius 3 is 2.47 bits per heavy atom. The van der Waals surface area contributed by atoms with Gasteiger partial charge in [0, 0.05) is 3.57 Å². The summed E-state index contributed by atoms with van der Waals surface area (Å²) in [6.07, 6.45) is 0. The molecule has 0 aliphatic carbocycles. The Balaban J connectivity index is 2.36. The summed E-state index contributed by atoms with van der Waals surface area (Å²) < 4.78 is 1.05. The van der Waals surface area contributed by atoms with Crippen LogP contribution in [0.3, 0.4) is 0 Å². The molecule has 2 aromatic rings. The zero-order chi connectivity index (χ0) is 12.4. The molecular formula is C14H13ClIN. The lowest BCUT2D eigenvalue weighted by Gasteiger charge is -2.14. The first-order valence-electron chi connectivity index (χ1n) is 5.35. The monoisotopic (exact) mass is 357 g/mol. The molecule has 0 saturated carbocycles. The molecule has 0 spiro atoms. The van der Waals surface area contributed by atoms with Gasteiger partial charge in [0.2, 0.25) is 0 Å². The van der Waals surface area contributed by atoms with Crippen molar-refractivity contribution in [3.05, 3.63) is 67.7 Å². The number of benzene rings is 2. The molecule has 1 nitrogen and oxygen atoms in total. The molecule has 0 radical (unpaired) electrons. The number of rotatable bonds is 2. The van der Waals surface area contributed by atoms with E-state index in [9.17, 15) is 0 Å². The maximum atomic E-state index is 6.24. The maximum absolute atomic E-state index is 6.24. The van der Waals surface area contributed by atoms with Crippen molar-refractivity contribution in [2.24, 2.45) is 5.73 Å². The molecule has 0 amide bonds. The van der Waals surface area contributed by atoms with E-state index in [2.05, 4.69) is 41.6 Å².